The van der Waals surface area contributed by atoms with Crippen LogP contribution in [-0.4, -0.2) is 18.7 Å². The van der Waals surface area contributed by atoms with Crippen molar-refractivity contribution in [3.05, 3.63) is 0 Å². The standard InChI is InChI=1S/C6H13BO2/c1-2-6-3-4-9-7(8)5-6/h6,8H,2-5H2,1H3/t6-/m1/s1. The van der Waals surface area contributed by atoms with E-state index in [1.807, 2.05) is 0 Å². The summed E-state index contributed by atoms with van der Waals surface area (Å²) in [5.74, 6) is 0.689. The smallest absolute Gasteiger partial charge is 0.427 e. The van der Waals surface area contributed by atoms with Crippen molar-refractivity contribution in [1.82, 2.24) is 0 Å². The lowest BCUT2D eigenvalue weighted by molar-refractivity contribution is 0.198. The van der Waals surface area contributed by atoms with E-state index in [9.17, 15) is 0 Å². The first-order chi connectivity index (χ1) is 4.33. The van der Waals surface area contributed by atoms with E-state index in [1.54, 1.807) is 0 Å². The highest BCUT2D eigenvalue weighted by atomic mass is 16.5. The van der Waals surface area contributed by atoms with Gasteiger partial charge in [0.1, 0.15) is 0 Å². The van der Waals surface area contributed by atoms with Crippen LogP contribution in [0.1, 0.15) is 19.8 Å². The van der Waals surface area contributed by atoms with E-state index < -0.39 is 7.12 Å². The molecule has 0 radical (unpaired) electrons. The van der Waals surface area contributed by atoms with E-state index in [2.05, 4.69) is 6.92 Å². The van der Waals surface area contributed by atoms with Gasteiger partial charge in [-0.3, -0.25) is 0 Å². The van der Waals surface area contributed by atoms with E-state index in [4.69, 9.17) is 9.68 Å². The van der Waals surface area contributed by atoms with Gasteiger partial charge in [0.15, 0.2) is 0 Å². The zero-order chi connectivity index (χ0) is 6.69. The normalized spacial score (nSPS) is 28.7. The third kappa shape index (κ3) is 1.99. The Morgan fingerprint density at radius 2 is 2.56 bits per heavy atom. The van der Waals surface area contributed by atoms with Crippen molar-refractivity contribution in [3.8, 4) is 0 Å². The minimum atomic E-state index is -0.483. The Labute approximate surface area is 56.4 Å². The van der Waals surface area contributed by atoms with Crippen LogP contribution in [0.5, 0.6) is 0 Å². The van der Waals surface area contributed by atoms with E-state index in [1.165, 1.54) is 6.42 Å². The van der Waals surface area contributed by atoms with E-state index >= 15 is 0 Å². The first-order valence-electron chi connectivity index (χ1n) is 3.62. The minimum Gasteiger partial charge on any atom is -0.427 e. The van der Waals surface area contributed by atoms with Crippen molar-refractivity contribution >= 4 is 7.12 Å². The summed E-state index contributed by atoms with van der Waals surface area (Å²) in [5, 5.41) is 8.99. The van der Waals surface area contributed by atoms with Gasteiger partial charge in [0.2, 0.25) is 0 Å². The molecular formula is C6H13BO2. The molecule has 0 spiro atoms. The van der Waals surface area contributed by atoms with Gasteiger partial charge >= 0.3 is 7.12 Å². The maximum absolute atomic E-state index is 8.99. The van der Waals surface area contributed by atoms with Crippen LogP contribution < -0.4 is 0 Å². The minimum absolute atomic E-state index is 0.483. The third-order valence-corrected chi connectivity index (χ3v) is 1.95. The molecule has 0 amide bonds. The lowest BCUT2D eigenvalue weighted by atomic mass is 9.73. The van der Waals surface area contributed by atoms with Crippen LogP contribution in [0.15, 0.2) is 0 Å². The molecule has 0 aromatic rings. The van der Waals surface area contributed by atoms with Gasteiger partial charge in [-0.25, -0.2) is 0 Å². The maximum Gasteiger partial charge on any atom is 0.454 e. The summed E-state index contributed by atoms with van der Waals surface area (Å²) in [4.78, 5) is 0. The second kappa shape index (κ2) is 3.23. The van der Waals surface area contributed by atoms with Crippen LogP contribution in [0.2, 0.25) is 6.32 Å². The number of rotatable bonds is 1. The Balaban J connectivity index is 2.23. The predicted octanol–water partition coefficient (Wildman–Crippen LogP) is 0.913. The first-order valence-corrected chi connectivity index (χ1v) is 3.62. The highest BCUT2D eigenvalue weighted by Gasteiger charge is 2.23. The Morgan fingerprint density at radius 1 is 1.78 bits per heavy atom. The molecule has 3 heteroatoms. The van der Waals surface area contributed by atoms with Crippen molar-refractivity contribution in [2.45, 2.75) is 26.1 Å². The summed E-state index contributed by atoms with van der Waals surface area (Å²) in [6.45, 7) is 2.89. The molecule has 0 bridgehead atoms. The fourth-order valence-electron chi connectivity index (χ4n) is 1.21. The lowest BCUT2D eigenvalue weighted by Gasteiger charge is -2.22. The van der Waals surface area contributed by atoms with Crippen molar-refractivity contribution < 1.29 is 9.68 Å². The Hall–Kier alpha value is -0.0151. The van der Waals surface area contributed by atoms with Crippen molar-refractivity contribution in [2.24, 2.45) is 5.92 Å². The predicted molar refractivity (Wildman–Crippen MR) is 37.1 cm³/mol. The van der Waals surface area contributed by atoms with Gasteiger partial charge < -0.3 is 9.68 Å². The van der Waals surface area contributed by atoms with Gasteiger partial charge in [-0.15, -0.1) is 0 Å². The molecule has 1 heterocycles. The van der Waals surface area contributed by atoms with E-state index in [0.29, 0.717) is 5.92 Å². The SMILES string of the molecule is CC[C@@H]1CCOB(O)C1. The van der Waals surface area contributed by atoms with Gasteiger partial charge in [0.05, 0.1) is 0 Å². The molecule has 52 valence electrons. The van der Waals surface area contributed by atoms with Gasteiger partial charge in [0, 0.05) is 6.61 Å². The van der Waals surface area contributed by atoms with Crippen LogP contribution in [-0.2, 0) is 4.65 Å². The third-order valence-electron chi connectivity index (χ3n) is 1.95. The van der Waals surface area contributed by atoms with Gasteiger partial charge in [-0.2, -0.15) is 0 Å². The van der Waals surface area contributed by atoms with Crippen molar-refractivity contribution in [1.29, 1.82) is 0 Å². The average Bonchev–Trinajstić information content (AvgIpc) is 1.88. The molecule has 1 N–H and O–H groups in total. The second-order valence-electron chi connectivity index (χ2n) is 2.62. The first kappa shape index (κ1) is 7.10. The molecule has 9 heavy (non-hydrogen) atoms. The second-order valence-corrected chi connectivity index (χ2v) is 2.62. The van der Waals surface area contributed by atoms with Gasteiger partial charge in [-0.05, 0) is 18.7 Å². The Morgan fingerprint density at radius 3 is 3.00 bits per heavy atom. The Bertz CT molecular complexity index is 87.1. The molecule has 0 aliphatic carbocycles. The van der Waals surface area contributed by atoms with Crippen LogP contribution >= 0.6 is 0 Å². The monoisotopic (exact) mass is 128 g/mol. The topological polar surface area (TPSA) is 29.5 Å². The quantitative estimate of drug-likeness (QED) is 0.532. The molecular weight excluding hydrogens is 115 g/mol. The molecule has 1 atom stereocenters. The molecule has 0 unspecified atom stereocenters. The fourth-order valence-corrected chi connectivity index (χ4v) is 1.21. The van der Waals surface area contributed by atoms with Gasteiger partial charge in [-0.1, -0.05) is 13.3 Å². The highest BCUT2D eigenvalue weighted by Crippen LogP contribution is 2.20. The molecule has 1 rings (SSSR count). The number of hydrogen-bond donors (Lipinski definition) is 1. The maximum atomic E-state index is 8.99. The fraction of sp³-hybridized carbons (Fsp3) is 1.00. The molecule has 1 aliphatic rings. The summed E-state index contributed by atoms with van der Waals surface area (Å²) < 4.78 is 4.97. The largest absolute Gasteiger partial charge is 0.454 e. The zero-order valence-electron chi connectivity index (χ0n) is 5.84. The summed E-state index contributed by atoms with van der Waals surface area (Å²) >= 11 is 0. The lowest BCUT2D eigenvalue weighted by Crippen LogP contribution is -2.28. The van der Waals surface area contributed by atoms with Crippen LogP contribution in [0, 0.1) is 5.92 Å². The Kier molecular flexibility index (Phi) is 2.55. The van der Waals surface area contributed by atoms with E-state index in [0.717, 1.165) is 19.3 Å². The summed E-state index contributed by atoms with van der Waals surface area (Å²) in [6, 6.07) is 0. The summed E-state index contributed by atoms with van der Waals surface area (Å²) in [6.07, 6.45) is 3.12. The highest BCUT2D eigenvalue weighted by molar-refractivity contribution is 6.42. The van der Waals surface area contributed by atoms with Crippen molar-refractivity contribution in [3.63, 3.8) is 0 Å². The molecule has 1 saturated heterocycles. The molecule has 1 fully saturated rings. The van der Waals surface area contributed by atoms with E-state index in [-0.39, 0.29) is 0 Å². The van der Waals surface area contributed by atoms with Crippen LogP contribution in [0.25, 0.3) is 0 Å². The van der Waals surface area contributed by atoms with Crippen LogP contribution in [0.3, 0.4) is 0 Å². The van der Waals surface area contributed by atoms with Gasteiger partial charge in [0.25, 0.3) is 0 Å². The van der Waals surface area contributed by atoms with Crippen LogP contribution in [0.4, 0.5) is 0 Å². The summed E-state index contributed by atoms with van der Waals surface area (Å²) in [5.41, 5.74) is 0. The molecule has 2 nitrogen and oxygen atoms in total. The van der Waals surface area contributed by atoms with Crippen molar-refractivity contribution in [2.75, 3.05) is 6.61 Å². The molecule has 0 aromatic heterocycles. The molecule has 1 aliphatic heterocycles. The molecule has 0 saturated carbocycles. The average molecular weight is 128 g/mol. The zero-order valence-corrected chi connectivity index (χ0v) is 5.84. The summed E-state index contributed by atoms with van der Waals surface area (Å²) in [7, 11) is -0.483. The molecule has 0 aromatic carbocycles. The number of hydrogen-bond acceptors (Lipinski definition) is 2.